The third-order valence-electron chi connectivity index (χ3n) is 4.73. The van der Waals surface area contributed by atoms with Gasteiger partial charge in [-0.15, -0.1) is 0 Å². The molecule has 4 heteroatoms. The second-order valence-electron chi connectivity index (χ2n) is 6.26. The fourth-order valence-corrected chi connectivity index (χ4v) is 4.57. The molecule has 3 nitrogen and oxygen atoms in total. The normalized spacial score (nSPS) is 17.8. The molecule has 0 saturated carbocycles. The van der Waals surface area contributed by atoms with Crippen molar-refractivity contribution in [2.45, 2.75) is 22.6 Å². The number of rotatable bonds is 2. The summed E-state index contributed by atoms with van der Waals surface area (Å²) < 4.78 is 0. The molecule has 0 spiro atoms. The first kappa shape index (κ1) is 14.1. The van der Waals surface area contributed by atoms with Gasteiger partial charge in [0.25, 0.3) is 0 Å². The first-order chi connectivity index (χ1) is 11.9. The summed E-state index contributed by atoms with van der Waals surface area (Å²) in [5, 5.41) is 3.70. The first-order valence-electron chi connectivity index (χ1n) is 8.48. The number of nitrogens with zero attached hydrogens (tertiary/aromatic N) is 2. The van der Waals surface area contributed by atoms with Gasteiger partial charge in [-0.2, -0.15) is 0 Å². The van der Waals surface area contributed by atoms with Crippen molar-refractivity contribution in [1.82, 2.24) is 0 Å². The molecular formula is C20H19N3S. The zero-order valence-electron chi connectivity index (χ0n) is 13.4. The van der Waals surface area contributed by atoms with Gasteiger partial charge < -0.3 is 15.1 Å². The maximum Gasteiger partial charge on any atom is 0.0898 e. The van der Waals surface area contributed by atoms with Gasteiger partial charge in [0.15, 0.2) is 0 Å². The minimum Gasteiger partial charge on any atom is -0.352 e. The molecule has 0 atom stereocenters. The lowest BCUT2D eigenvalue weighted by Crippen LogP contribution is -2.21. The SMILES string of the molecule is C1=CN(c2ccc3c(c2N2C=CCC2)Nc2ccccc2S3)CC1. The summed E-state index contributed by atoms with van der Waals surface area (Å²) in [5.41, 5.74) is 5.04. The summed E-state index contributed by atoms with van der Waals surface area (Å²) in [7, 11) is 0. The zero-order chi connectivity index (χ0) is 15.9. The summed E-state index contributed by atoms with van der Waals surface area (Å²) in [6.07, 6.45) is 11.2. The van der Waals surface area contributed by atoms with Crippen LogP contribution in [-0.2, 0) is 0 Å². The van der Waals surface area contributed by atoms with Gasteiger partial charge in [0, 0.05) is 35.3 Å². The molecule has 0 bridgehead atoms. The number of anilines is 4. The minimum atomic E-state index is 1.05. The Morgan fingerprint density at radius 3 is 2.42 bits per heavy atom. The summed E-state index contributed by atoms with van der Waals surface area (Å²) in [5.74, 6) is 0. The van der Waals surface area contributed by atoms with Crippen LogP contribution in [0.2, 0.25) is 0 Å². The van der Waals surface area contributed by atoms with Crippen molar-refractivity contribution >= 4 is 34.5 Å². The Labute approximate surface area is 146 Å². The molecule has 3 aliphatic heterocycles. The highest BCUT2D eigenvalue weighted by Crippen LogP contribution is 2.51. The van der Waals surface area contributed by atoms with Crippen molar-refractivity contribution in [2.75, 3.05) is 28.2 Å². The van der Waals surface area contributed by atoms with Crippen molar-refractivity contribution in [3.63, 3.8) is 0 Å². The third kappa shape index (κ3) is 2.21. The number of hydrogen-bond donors (Lipinski definition) is 1. The Hall–Kier alpha value is -2.33. The lowest BCUT2D eigenvalue weighted by molar-refractivity contribution is 0.964. The van der Waals surface area contributed by atoms with E-state index in [4.69, 9.17) is 0 Å². The minimum absolute atomic E-state index is 1.05. The molecule has 120 valence electrons. The third-order valence-corrected chi connectivity index (χ3v) is 5.86. The van der Waals surface area contributed by atoms with E-state index in [1.165, 1.54) is 32.5 Å². The molecule has 0 unspecified atom stereocenters. The summed E-state index contributed by atoms with van der Waals surface area (Å²) in [4.78, 5) is 7.36. The van der Waals surface area contributed by atoms with E-state index in [1.807, 2.05) is 11.8 Å². The molecule has 2 aromatic carbocycles. The Morgan fingerprint density at radius 2 is 1.62 bits per heavy atom. The topological polar surface area (TPSA) is 18.5 Å². The summed E-state index contributed by atoms with van der Waals surface area (Å²) in [6, 6.07) is 13.1. The highest BCUT2D eigenvalue weighted by Gasteiger charge is 2.26. The predicted octanol–water partition coefficient (Wildman–Crippen LogP) is 5.34. The number of hydrogen-bond acceptors (Lipinski definition) is 4. The quantitative estimate of drug-likeness (QED) is 0.682. The number of fused-ring (bicyclic) bond motifs is 2. The van der Waals surface area contributed by atoms with Gasteiger partial charge in [0.05, 0.1) is 22.7 Å². The monoisotopic (exact) mass is 333 g/mol. The molecular weight excluding hydrogens is 314 g/mol. The molecule has 24 heavy (non-hydrogen) atoms. The van der Waals surface area contributed by atoms with Crippen LogP contribution in [0, 0.1) is 0 Å². The average molecular weight is 333 g/mol. The Kier molecular flexibility index (Phi) is 3.30. The van der Waals surface area contributed by atoms with E-state index >= 15 is 0 Å². The van der Waals surface area contributed by atoms with Gasteiger partial charge in [-0.25, -0.2) is 0 Å². The molecule has 0 amide bonds. The van der Waals surface area contributed by atoms with E-state index in [-0.39, 0.29) is 0 Å². The van der Waals surface area contributed by atoms with E-state index < -0.39 is 0 Å². The number of nitrogens with one attached hydrogen (secondary N) is 1. The first-order valence-corrected chi connectivity index (χ1v) is 9.29. The van der Waals surface area contributed by atoms with Gasteiger partial charge in [0.1, 0.15) is 0 Å². The summed E-state index contributed by atoms with van der Waals surface area (Å²) >= 11 is 1.86. The van der Waals surface area contributed by atoms with E-state index in [0.717, 1.165) is 25.9 Å². The molecule has 0 fully saturated rings. The summed E-state index contributed by atoms with van der Waals surface area (Å²) in [6.45, 7) is 2.11. The van der Waals surface area contributed by atoms with Crippen LogP contribution in [-0.4, -0.2) is 13.1 Å². The fourth-order valence-electron chi connectivity index (χ4n) is 3.57. The lowest BCUT2D eigenvalue weighted by atomic mass is 10.1. The Balaban J connectivity index is 1.66. The fraction of sp³-hybridized carbons (Fsp3) is 0.200. The average Bonchev–Trinajstić information content (AvgIpc) is 3.32. The van der Waals surface area contributed by atoms with E-state index in [1.54, 1.807) is 0 Å². The van der Waals surface area contributed by atoms with Crippen LogP contribution in [0.3, 0.4) is 0 Å². The van der Waals surface area contributed by atoms with Gasteiger partial charge in [-0.1, -0.05) is 36.0 Å². The largest absolute Gasteiger partial charge is 0.352 e. The van der Waals surface area contributed by atoms with E-state index in [0.29, 0.717) is 0 Å². The molecule has 0 aliphatic carbocycles. The molecule has 0 radical (unpaired) electrons. The second-order valence-corrected chi connectivity index (χ2v) is 7.35. The molecule has 0 aromatic heterocycles. The van der Waals surface area contributed by atoms with Crippen molar-refractivity contribution in [3.05, 3.63) is 61.0 Å². The van der Waals surface area contributed by atoms with Crippen molar-refractivity contribution in [3.8, 4) is 0 Å². The van der Waals surface area contributed by atoms with E-state index in [9.17, 15) is 0 Å². The molecule has 2 aromatic rings. The van der Waals surface area contributed by atoms with Crippen LogP contribution in [0.1, 0.15) is 12.8 Å². The van der Waals surface area contributed by atoms with E-state index in [2.05, 4.69) is 76.1 Å². The molecule has 5 rings (SSSR count). The van der Waals surface area contributed by atoms with Crippen LogP contribution in [0.15, 0.2) is 70.7 Å². The highest BCUT2D eigenvalue weighted by molar-refractivity contribution is 7.99. The highest BCUT2D eigenvalue weighted by atomic mass is 32.2. The van der Waals surface area contributed by atoms with Crippen LogP contribution < -0.4 is 15.1 Å². The Bertz CT molecular complexity index is 856. The maximum absolute atomic E-state index is 3.70. The molecule has 1 N–H and O–H groups in total. The zero-order valence-corrected chi connectivity index (χ0v) is 14.2. The molecule has 3 heterocycles. The predicted molar refractivity (Wildman–Crippen MR) is 102 cm³/mol. The lowest BCUT2D eigenvalue weighted by Gasteiger charge is -2.31. The smallest absolute Gasteiger partial charge is 0.0898 e. The number of benzene rings is 2. The van der Waals surface area contributed by atoms with Crippen molar-refractivity contribution in [1.29, 1.82) is 0 Å². The standard InChI is InChI=1S/C20H19N3S/c1-2-8-17-15(7-1)21-19-18(24-17)10-9-16(22-11-3-4-12-22)20(19)23-13-5-6-14-23/h1-3,5,7-11,13,21H,4,6,12,14H2. The second kappa shape index (κ2) is 5.64. The van der Waals surface area contributed by atoms with Gasteiger partial charge >= 0.3 is 0 Å². The van der Waals surface area contributed by atoms with Crippen LogP contribution in [0.4, 0.5) is 22.7 Å². The molecule has 0 saturated heterocycles. The number of para-hydroxylation sites is 1. The van der Waals surface area contributed by atoms with Gasteiger partial charge in [0.2, 0.25) is 0 Å². The van der Waals surface area contributed by atoms with Gasteiger partial charge in [-0.3, -0.25) is 0 Å². The molecule has 3 aliphatic rings. The van der Waals surface area contributed by atoms with Crippen LogP contribution in [0.25, 0.3) is 0 Å². The van der Waals surface area contributed by atoms with Crippen molar-refractivity contribution in [2.24, 2.45) is 0 Å². The van der Waals surface area contributed by atoms with Gasteiger partial charge in [-0.05, 0) is 37.1 Å². The van der Waals surface area contributed by atoms with Crippen LogP contribution >= 0.6 is 11.8 Å². The Morgan fingerprint density at radius 1 is 0.833 bits per heavy atom. The van der Waals surface area contributed by atoms with Crippen molar-refractivity contribution < 1.29 is 0 Å². The van der Waals surface area contributed by atoms with Crippen LogP contribution in [0.5, 0.6) is 0 Å². The maximum atomic E-state index is 3.70.